The van der Waals surface area contributed by atoms with Gasteiger partial charge >= 0.3 is 0 Å². The Morgan fingerprint density at radius 3 is 2.50 bits per heavy atom. The number of hydrogen-bond donors (Lipinski definition) is 1. The fourth-order valence-corrected chi connectivity index (χ4v) is 4.65. The monoisotopic (exact) mass is 520 g/mol. The standard InChI is InChI=1S/C25H30BrClN2O3/c1-17-8-10-19(11-9-17)15-29(18(2)25(31)28-21-6-4-3-5-7-21)24(30)16-32-23-13-12-20(27)14-22(23)26/h8-14,18,21H,3-7,15-16H2,1-2H3,(H,28,31). The molecule has 0 bridgehead atoms. The Labute approximate surface area is 203 Å². The smallest absolute Gasteiger partial charge is 0.261 e. The molecule has 172 valence electrons. The van der Waals surface area contributed by atoms with Crippen LogP contribution in [0.3, 0.4) is 0 Å². The molecule has 0 heterocycles. The SMILES string of the molecule is Cc1ccc(CN(C(=O)COc2ccc(Cl)cc2Br)C(C)C(=O)NC2CCCCC2)cc1. The van der Waals surface area contributed by atoms with Crippen molar-refractivity contribution in [1.82, 2.24) is 10.2 Å². The van der Waals surface area contributed by atoms with Gasteiger partial charge in [0, 0.05) is 17.6 Å². The van der Waals surface area contributed by atoms with Crippen LogP contribution in [-0.4, -0.2) is 35.4 Å². The summed E-state index contributed by atoms with van der Waals surface area (Å²) in [6, 6.07) is 12.7. The maximum absolute atomic E-state index is 13.2. The Morgan fingerprint density at radius 2 is 1.84 bits per heavy atom. The molecule has 0 aliphatic heterocycles. The number of rotatable bonds is 8. The van der Waals surface area contributed by atoms with Gasteiger partial charge in [0.25, 0.3) is 5.91 Å². The summed E-state index contributed by atoms with van der Waals surface area (Å²) in [5.74, 6) is 0.154. The highest BCUT2D eigenvalue weighted by atomic mass is 79.9. The van der Waals surface area contributed by atoms with Crippen LogP contribution in [0, 0.1) is 6.92 Å². The number of ether oxygens (including phenoxy) is 1. The third-order valence-electron chi connectivity index (χ3n) is 5.84. The summed E-state index contributed by atoms with van der Waals surface area (Å²) in [4.78, 5) is 27.8. The summed E-state index contributed by atoms with van der Waals surface area (Å²) >= 11 is 9.39. The summed E-state index contributed by atoms with van der Waals surface area (Å²) in [6.07, 6.45) is 5.48. The minimum absolute atomic E-state index is 0.120. The molecule has 1 saturated carbocycles. The number of hydrogen-bond acceptors (Lipinski definition) is 3. The van der Waals surface area contributed by atoms with E-state index in [2.05, 4.69) is 21.2 Å². The molecule has 32 heavy (non-hydrogen) atoms. The van der Waals surface area contributed by atoms with Crippen molar-refractivity contribution in [3.05, 3.63) is 63.1 Å². The lowest BCUT2D eigenvalue weighted by Gasteiger charge is -2.31. The van der Waals surface area contributed by atoms with Crippen molar-refractivity contribution in [2.45, 2.75) is 64.6 Å². The molecule has 2 aromatic rings. The van der Waals surface area contributed by atoms with Crippen LogP contribution >= 0.6 is 27.5 Å². The Bertz CT molecular complexity index is 929. The molecule has 1 unspecified atom stereocenters. The molecule has 2 amide bonds. The normalized spacial score (nSPS) is 15.1. The van der Waals surface area contributed by atoms with Crippen molar-refractivity contribution >= 4 is 39.3 Å². The first kappa shape index (κ1) is 24.6. The van der Waals surface area contributed by atoms with Gasteiger partial charge in [-0.1, -0.05) is 60.7 Å². The van der Waals surface area contributed by atoms with Crippen molar-refractivity contribution < 1.29 is 14.3 Å². The number of benzene rings is 2. The molecule has 0 saturated heterocycles. The molecule has 3 rings (SSSR count). The minimum Gasteiger partial charge on any atom is -0.483 e. The number of carbonyl (C=O) groups excluding carboxylic acids is 2. The van der Waals surface area contributed by atoms with Crippen LogP contribution < -0.4 is 10.1 Å². The van der Waals surface area contributed by atoms with Gasteiger partial charge < -0.3 is 15.0 Å². The van der Waals surface area contributed by atoms with E-state index in [0.29, 0.717) is 21.8 Å². The Balaban J connectivity index is 1.71. The molecule has 1 aliphatic rings. The fraction of sp³-hybridized carbons (Fsp3) is 0.440. The van der Waals surface area contributed by atoms with Gasteiger partial charge in [-0.25, -0.2) is 0 Å². The van der Waals surface area contributed by atoms with Crippen molar-refractivity contribution in [2.75, 3.05) is 6.61 Å². The zero-order chi connectivity index (χ0) is 23.1. The van der Waals surface area contributed by atoms with Crippen LogP contribution in [0.4, 0.5) is 0 Å². The molecule has 0 aromatic heterocycles. The topological polar surface area (TPSA) is 58.6 Å². The van der Waals surface area contributed by atoms with Crippen molar-refractivity contribution in [1.29, 1.82) is 0 Å². The second-order valence-electron chi connectivity index (χ2n) is 8.39. The van der Waals surface area contributed by atoms with Gasteiger partial charge in [-0.05, 0) is 66.4 Å². The predicted octanol–water partition coefficient (Wildman–Crippen LogP) is 5.66. The maximum Gasteiger partial charge on any atom is 0.261 e. The third-order valence-corrected chi connectivity index (χ3v) is 6.69. The van der Waals surface area contributed by atoms with Gasteiger partial charge in [-0.2, -0.15) is 0 Å². The van der Waals surface area contributed by atoms with Crippen molar-refractivity contribution in [3.8, 4) is 5.75 Å². The summed E-state index contributed by atoms with van der Waals surface area (Å²) in [5.41, 5.74) is 2.11. The Kier molecular flexibility index (Phi) is 9.00. The lowest BCUT2D eigenvalue weighted by atomic mass is 9.95. The third kappa shape index (κ3) is 6.97. The molecule has 1 fully saturated rings. The Hall–Kier alpha value is -2.05. The minimum atomic E-state index is -0.608. The van der Waals surface area contributed by atoms with E-state index >= 15 is 0 Å². The van der Waals surface area contributed by atoms with Crippen LogP contribution in [0.5, 0.6) is 5.75 Å². The summed E-state index contributed by atoms with van der Waals surface area (Å²) < 4.78 is 6.42. The second-order valence-corrected chi connectivity index (χ2v) is 9.68. The first-order chi connectivity index (χ1) is 15.3. The van der Waals surface area contributed by atoms with E-state index in [9.17, 15) is 9.59 Å². The van der Waals surface area contributed by atoms with E-state index in [4.69, 9.17) is 16.3 Å². The van der Waals surface area contributed by atoms with E-state index < -0.39 is 6.04 Å². The average molecular weight is 522 g/mol. The highest BCUT2D eigenvalue weighted by Crippen LogP contribution is 2.28. The van der Waals surface area contributed by atoms with E-state index in [1.165, 1.54) is 6.42 Å². The fourth-order valence-electron chi connectivity index (χ4n) is 3.86. The van der Waals surface area contributed by atoms with Crippen LogP contribution in [0.2, 0.25) is 5.02 Å². The van der Waals surface area contributed by atoms with Crippen LogP contribution in [0.25, 0.3) is 0 Å². The summed E-state index contributed by atoms with van der Waals surface area (Å²) in [5, 5.41) is 3.72. The summed E-state index contributed by atoms with van der Waals surface area (Å²) in [6.45, 7) is 3.96. The molecule has 1 aliphatic carbocycles. The highest BCUT2D eigenvalue weighted by Gasteiger charge is 2.28. The van der Waals surface area contributed by atoms with Gasteiger partial charge in [-0.3, -0.25) is 9.59 Å². The number of halogens is 2. The second kappa shape index (κ2) is 11.7. The number of nitrogens with zero attached hydrogens (tertiary/aromatic N) is 1. The van der Waals surface area contributed by atoms with Crippen LogP contribution in [0.1, 0.15) is 50.2 Å². The number of nitrogens with one attached hydrogen (secondary N) is 1. The number of amides is 2. The predicted molar refractivity (Wildman–Crippen MR) is 131 cm³/mol. The molecule has 0 radical (unpaired) electrons. The largest absolute Gasteiger partial charge is 0.483 e. The first-order valence-corrected chi connectivity index (χ1v) is 12.2. The molecule has 2 aromatic carbocycles. The zero-order valence-corrected chi connectivity index (χ0v) is 20.9. The molecule has 5 nitrogen and oxygen atoms in total. The lowest BCUT2D eigenvalue weighted by molar-refractivity contribution is -0.142. The van der Waals surface area contributed by atoms with Gasteiger partial charge in [-0.15, -0.1) is 0 Å². The highest BCUT2D eigenvalue weighted by molar-refractivity contribution is 9.10. The van der Waals surface area contributed by atoms with Crippen molar-refractivity contribution in [3.63, 3.8) is 0 Å². The average Bonchev–Trinajstić information content (AvgIpc) is 2.78. The first-order valence-electron chi connectivity index (χ1n) is 11.1. The van der Waals surface area contributed by atoms with Crippen LogP contribution in [-0.2, 0) is 16.1 Å². The van der Waals surface area contributed by atoms with Crippen LogP contribution in [0.15, 0.2) is 46.9 Å². The summed E-state index contributed by atoms with van der Waals surface area (Å²) in [7, 11) is 0. The molecule has 7 heteroatoms. The lowest BCUT2D eigenvalue weighted by Crippen LogP contribution is -2.51. The quantitative estimate of drug-likeness (QED) is 0.488. The zero-order valence-electron chi connectivity index (χ0n) is 18.6. The number of aryl methyl sites for hydroxylation is 1. The van der Waals surface area contributed by atoms with Crippen molar-refractivity contribution in [2.24, 2.45) is 0 Å². The molecule has 1 N–H and O–H groups in total. The molecule has 1 atom stereocenters. The Morgan fingerprint density at radius 1 is 1.16 bits per heavy atom. The van der Waals surface area contributed by atoms with Gasteiger partial charge in [0.05, 0.1) is 4.47 Å². The van der Waals surface area contributed by atoms with E-state index in [0.717, 1.165) is 36.8 Å². The maximum atomic E-state index is 13.2. The van der Waals surface area contributed by atoms with E-state index in [-0.39, 0.29) is 24.5 Å². The number of carbonyl (C=O) groups is 2. The molecular weight excluding hydrogens is 492 g/mol. The van der Waals surface area contributed by atoms with Gasteiger partial charge in [0.15, 0.2) is 6.61 Å². The van der Waals surface area contributed by atoms with E-state index in [1.807, 2.05) is 31.2 Å². The van der Waals surface area contributed by atoms with Gasteiger partial charge in [0.2, 0.25) is 5.91 Å². The van der Waals surface area contributed by atoms with Gasteiger partial charge in [0.1, 0.15) is 11.8 Å². The molecular formula is C25H30BrClN2O3. The molecule has 0 spiro atoms. The van der Waals surface area contributed by atoms with E-state index in [1.54, 1.807) is 30.0 Å².